The van der Waals surface area contributed by atoms with E-state index in [0.29, 0.717) is 22.1 Å². The topological polar surface area (TPSA) is 130 Å². The minimum atomic E-state index is -0.917. The fourth-order valence-corrected chi connectivity index (χ4v) is 3.89. The first-order valence-corrected chi connectivity index (χ1v) is 10.8. The molecule has 0 atom stereocenters. The van der Waals surface area contributed by atoms with Gasteiger partial charge in [-0.25, -0.2) is 19.0 Å². The molecule has 0 radical (unpaired) electrons. The van der Waals surface area contributed by atoms with Crippen molar-refractivity contribution in [1.82, 2.24) is 29.6 Å². The molecular formula is C22H25FN7O4-. The Kier molecular flexibility index (Phi) is 6.19. The molecule has 0 saturated heterocycles. The van der Waals surface area contributed by atoms with Gasteiger partial charge in [0.2, 0.25) is 0 Å². The summed E-state index contributed by atoms with van der Waals surface area (Å²) >= 11 is 0. The second-order valence-corrected chi connectivity index (χ2v) is 8.32. The first-order chi connectivity index (χ1) is 16.1. The van der Waals surface area contributed by atoms with E-state index in [2.05, 4.69) is 20.4 Å². The van der Waals surface area contributed by atoms with Crippen LogP contribution in [-0.2, 0) is 23.4 Å². The molecule has 0 unspecified atom stereocenters. The van der Waals surface area contributed by atoms with Gasteiger partial charge in [0.25, 0.3) is 11.5 Å². The van der Waals surface area contributed by atoms with E-state index in [9.17, 15) is 19.2 Å². The number of carbonyl (C=O) groups excluding carboxylic acids is 1. The van der Waals surface area contributed by atoms with E-state index in [1.165, 1.54) is 33.8 Å². The Balaban J connectivity index is 1.72. The zero-order chi connectivity index (χ0) is 24.6. The molecule has 1 amide bonds. The van der Waals surface area contributed by atoms with E-state index >= 15 is 0 Å². The lowest BCUT2D eigenvalue weighted by atomic mass is 10.1. The number of fused-ring (bicyclic) bond motifs is 1. The van der Waals surface area contributed by atoms with E-state index in [1.807, 2.05) is 0 Å². The molecule has 3 heterocycles. The number of hydrogen-bond donors (Lipinski definition) is 1. The molecule has 1 aliphatic rings. The Morgan fingerprint density at radius 2 is 2.15 bits per heavy atom. The van der Waals surface area contributed by atoms with Gasteiger partial charge in [0.05, 0.1) is 18.8 Å². The highest BCUT2D eigenvalue weighted by Crippen LogP contribution is 2.28. The Bertz CT molecular complexity index is 1300. The number of hydrogen-bond acceptors (Lipinski definition) is 8. The predicted octanol–water partition coefficient (Wildman–Crippen LogP) is 1.79. The van der Waals surface area contributed by atoms with Crippen LogP contribution in [0.15, 0.2) is 29.3 Å². The smallest absolute Gasteiger partial charge is 0.277 e. The van der Waals surface area contributed by atoms with E-state index < -0.39 is 22.9 Å². The molecule has 34 heavy (non-hydrogen) atoms. The zero-order valence-electron chi connectivity index (χ0n) is 19.3. The van der Waals surface area contributed by atoms with Gasteiger partial charge in [0.1, 0.15) is 35.1 Å². The first-order valence-electron chi connectivity index (χ1n) is 10.8. The minimum absolute atomic E-state index is 0.0296. The third kappa shape index (κ3) is 4.17. The van der Waals surface area contributed by atoms with Gasteiger partial charge < -0.3 is 20.3 Å². The van der Waals surface area contributed by atoms with Crippen molar-refractivity contribution in [3.8, 4) is 5.69 Å². The number of nitrogens with zero attached hydrogens (tertiary/aromatic N) is 6. The number of nitrogens with one attached hydrogen (secondary N) is 1. The normalized spacial score (nSPS) is 14.5. The Labute approximate surface area is 194 Å². The molecule has 180 valence electrons. The Morgan fingerprint density at radius 3 is 2.82 bits per heavy atom. The summed E-state index contributed by atoms with van der Waals surface area (Å²) in [7, 11) is 0. The second-order valence-electron chi connectivity index (χ2n) is 8.32. The van der Waals surface area contributed by atoms with E-state index in [1.54, 1.807) is 27.7 Å². The molecule has 12 heteroatoms. The average Bonchev–Trinajstić information content (AvgIpc) is 3.23. The van der Waals surface area contributed by atoms with E-state index in [4.69, 9.17) is 4.74 Å². The third-order valence-corrected chi connectivity index (χ3v) is 5.65. The van der Waals surface area contributed by atoms with Crippen molar-refractivity contribution < 1.29 is 13.9 Å². The molecule has 1 aromatic carbocycles. The molecule has 0 spiro atoms. The van der Waals surface area contributed by atoms with Crippen molar-refractivity contribution in [3.05, 3.63) is 68.8 Å². The van der Waals surface area contributed by atoms with Crippen LogP contribution in [0.1, 0.15) is 48.5 Å². The fraction of sp³-hybridized carbons (Fsp3) is 0.409. The van der Waals surface area contributed by atoms with Crippen LogP contribution in [0.4, 0.5) is 10.1 Å². The first kappa shape index (κ1) is 23.5. The number of ether oxygens (including phenoxy) is 1. The maximum atomic E-state index is 13.9. The van der Waals surface area contributed by atoms with Crippen LogP contribution in [-0.4, -0.2) is 43.4 Å². The Hall–Kier alpha value is -3.64. The van der Waals surface area contributed by atoms with Crippen molar-refractivity contribution in [2.45, 2.75) is 46.4 Å². The molecule has 0 saturated carbocycles. The van der Waals surface area contributed by atoms with Crippen molar-refractivity contribution >= 4 is 11.6 Å². The van der Waals surface area contributed by atoms with Crippen molar-refractivity contribution in [2.24, 2.45) is 0 Å². The molecular weight excluding hydrogens is 445 g/mol. The summed E-state index contributed by atoms with van der Waals surface area (Å²) in [6.45, 7) is 7.23. The monoisotopic (exact) mass is 470 g/mol. The summed E-state index contributed by atoms with van der Waals surface area (Å²) in [4.78, 5) is 34.8. The highest BCUT2D eigenvalue weighted by atomic mass is 19.1. The van der Waals surface area contributed by atoms with Crippen molar-refractivity contribution in [2.75, 3.05) is 18.2 Å². The lowest BCUT2D eigenvalue weighted by Gasteiger charge is -2.36. The number of amides is 1. The number of benzene rings is 1. The summed E-state index contributed by atoms with van der Waals surface area (Å²) in [5.74, 6) is -0.379. The van der Waals surface area contributed by atoms with Crippen LogP contribution in [0.2, 0.25) is 0 Å². The minimum Gasteiger partial charge on any atom is -0.758 e. The van der Waals surface area contributed by atoms with Gasteiger partial charge in [-0.05, 0) is 45.4 Å². The predicted molar refractivity (Wildman–Crippen MR) is 121 cm³/mol. The lowest BCUT2D eigenvalue weighted by Crippen LogP contribution is -2.44. The van der Waals surface area contributed by atoms with Crippen LogP contribution < -0.4 is 15.9 Å². The van der Waals surface area contributed by atoms with Crippen LogP contribution in [0.25, 0.3) is 5.69 Å². The molecule has 3 aromatic rings. The number of halogens is 1. The number of rotatable bonds is 6. The number of hydroxylamine groups is 1. The van der Waals surface area contributed by atoms with E-state index in [0.717, 1.165) is 0 Å². The van der Waals surface area contributed by atoms with Gasteiger partial charge >= 0.3 is 0 Å². The summed E-state index contributed by atoms with van der Waals surface area (Å²) < 4.78 is 22.5. The highest BCUT2D eigenvalue weighted by molar-refractivity contribution is 5.97. The van der Waals surface area contributed by atoms with Crippen LogP contribution in [0.3, 0.4) is 0 Å². The number of aryl methyl sites for hydroxylation is 1. The fourth-order valence-electron chi connectivity index (χ4n) is 3.89. The molecule has 1 aliphatic heterocycles. The highest BCUT2D eigenvalue weighted by Gasteiger charge is 2.34. The zero-order valence-corrected chi connectivity index (χ0v) is 19.3. The van der Waals surface area contributed by atoms with Gasteiger partial charge in [0, 0.05) is 13.1 Å². The van der Waals surface area contributed by atoms with Gasteiger partial charge in [-0.2, -0.15) is 5.10 Å². The van der Waals surface area contributed by atoms with Gasteiger partial charge in [-0.15, -0.1) is 0 Å². The summed E-state index contributed by atoms with van der Waals surface area (Å²) in [5, 5.41) is 19.8. The summed E-state index contributed by atoms with van der Waals surface area (Å²) in [5.41, 5.74) is -1.16. The lowest BCUT2D eigenvalue weighted by molar-refractivity contribution is -0.0563. The molecule has 0 aliphatic carbocycles. The van der Waals surface area contributed by atoms with Crippen LogP contribution in [0, 0.1) is 17.9 Å². The summed E-state index contributed by atoms with van der Waals surface area (Å²) in [6, 6.07) is 4.07. The van der Waals surface area contributed by atoms with Gasteiger partial charge in [-0.3, -0.25) is 14.2 Å². The Morgan fingerprint density at radius 1 is 1.38 bits per heavy atom. The standard InChI is InChI=1S/C22H25FN7O4/c1-5-29(33)18-17(27-21-22(3,4)34-9-8-28(21)20(18)32)19(31)24-11-14-6-7-15(23)10-16(14)30-13(2)25-12-26-30/h6-7,10,12H,5,8-9,11H2,1-4H3,(H,24,31)/q-1. The van der Waals surface area contributed by atoms with E-state index in [-0.39, 0.29) is 43.4 Å². The van der Waals surface area contributed by atoms with Crippen molar-refractivity contribution in [3.63, 3.8) is 0 Å². The molecule has 4 rings (SSSR count). The van der Waals surface area contributed by atoms with Crippen molar-refractivity contribution in [1.29, 1.82) is 0 Å². The number of anilines is 1. The number of aromatic nitrogens is 5. The molecule has 0 fully saturated rings. The molecule has 0 bridgehead atoms. The second kappa shape index (κ2) is 8.95. The largest absolute Gasteiger partial charge is 0.758 e. The SMILES string of the molecule is CCN([O-])c1c(C(=O)NCc2ccc(F)cc2-n2ncnc2C)nc2n(c1=O)CCOC2(C)C. The maximum absolute atomic E-state index is 13.9. The summed E-state index contributed by atoms with van der Waals surface area (Å²) in [6.07, 6.45) is 1.34. The van der Waals surface area contributed by atoms with Crippen LogP contribution in [0.5, 0.6) is 0 Å². The van der Waals surface area contributed by atoms with Gasteiger partial charge in [0.15, 0.2) is 5.69 Å². The third-order valence-electron chi connectivity index (χ3n) is 5.65. The van der Waals surface area contributed by atoms with Gasteiger partial charge in [-0.1, -0.05) is 6.07 Å². The quantitative estimate of drug-likeness (QED) is 0.540. The van der Waals surface area contributed by atoms with Crippen LogP contribution >= 0.6 is 0 Å². The molecule has 11 nitrogen and oxygen atoms in total. The number of carbonyl (C=O) groups is 1. The average molecular weight is 470 g/mol. The molecule has 2 aromatic heterocycles. The molecule has 1 N–H and O–H groups in total. The maximum Gasteiger partial charge on any atom is 0.277 e.